The minimum absolute atomic E-state index is 0.130. The van der Waals surface area contributed by atoms with Crippen molar-refractivity contribution < 1.29 is 33.4 Å². The summed E-state index contributed by atoms with van der Waals surface area (Å²) in [6.07, 6.45) is 0.569. The van der Waals surface area contributed by atoms with Crippen molar-refractivity contribution in [1.82, 2.24) is 5.32 Å². The van der Waals surface area contributed by atoms with Crippen LogP contribution in [0, 0.1) is 0 Å². The fourth-order valence-electron chi connectivity index (χ4n) is 4.05. The van der Waals surface area contributed by atoms with Crippen molar-refractivity contribution in [3.05, 3.63) is 94.1 Å². The highest BCUT2D eigenvalue weighted by molar-refractivity contribution is 6.53. The smallest absolute Gasteiger partial charge is 0.337 e. The Morgan fingerprint density at radius 1 is 0.850 bits per heavy atom. The number of carbonyl (C=O) groups excluding carboxylic acids is 4. The van der Waals surface area contributed by atoms with Crippen LogP contribution in [0.15, 0.2) is 77.5 Å². The van der Waals surface area contributed by atoms with E-state index >= 15 is 0 Å². The predicted octanol–water partition coefficient (Wildman–Crippen LogP) is 3.90. The number of hydrogen-bond acceptors (Lipinski definition) is 8. The highest BCUT2D eigenvalue weighted by atomic mass is 35.5. The van der Waals surface area contributed by atoms with Gasteiger partial charge in [-0.1, -0.05) is 23.7 Å². The van der Waals surface area contributed by atoms with Crippen molar-refractivity contribution in [2.75, 3.05) is 38.1 Å². The maximum absolute atomic E-state index is 13.1. The molecule has 1 aliphatic rings. The summed E-state index contributed by atoms with van der Waals surface area (Å²) in [5, 5.41) is 5.43. The maximum atomic E-state index is 13.1. The summed E-state index contributed by atoms with van der Waals surface area (Å²) in [6.45, 7) is 0.375. The Balaban J connectivity index is 1.41. The minimum Gasteiger partial charge on any atom is -0.493 e. The number of anilines is 2. The minimum atomic E-state index is -0.718. The van der Waals surface area contributed by atoms with Crippen LogP contribution in [0.4, 0.5) is 11.4 Å². The summed E-state index contributed by atoms with van der Waals surface area (Å²) in [7, 11) is 4.38. The third-order valence-corrected chi connectivity index (χ3v) is 6.47. The predicted molar refractivity (Wildman–Crippen MR) is 149 cm³/mol. The number of carbonyl (C=O) groups is 4. The van der Waals surface area contributed by atoms with Gasteiger partial charge in [-0.15, -0.1) is 0 Å². The Morgan fingerprint density at radius 3 is 2.25 bits per heavy atom. The largest absolute Gasteiger partial charge is 0.493 e. The molecule has 3 aromatic rings. The van der Waals surface area contributed by atoms with E-state index in [4.69, 9.17) is 21.1 Å². The topological polar surface area (TPSA) is 123 Å². The normalized spacial score (nSPS) is 12.8. The second kappa shape index (κ2) is 12.4. The number of esters is 1. The molecule has 0 aliphatic carbocycles. The molecule has 10 nitrogen and oxygen atoms in total. The Bertz CT molecular complexity index is 1500. The average molecular weight is 564 g/mol. The molecule has 3 amide bonds. The third-order valence-electron chi connectivity index (χ3n) is 6.12. The van der Waals surface area contributed by atoms with E-state index in [0.717, 1.165) is 10.5 Å². The first-order chi connectivity index (χ1) is 19.3. The number of imide groups is 1. The molecule has 206 valence electrons. The molecule has 2 N–H and O–H groups in total. The number of halogens is 1. The molecule has 0 aromatic heterocycles. The monoisotopic (exact) mass is 563 g/mol. The van der Waals surface area contributed by atoms with Crippen molar-refractivity contribution >= 4 is 46.7 Å². The zero-order valence-corrected chi connectivity index (χ0v) is 22.7. The van der Waals surface area contributed by atoms with Gasteiger partial charge in [-0.25, -0.2) is 9.69 Å². The van der Waals surface area contributed by atoms with Crippen molar-refractivity contribution in [2.24, 2.45) is 0 Å². The van der Waals surface area contributed by atoms with Crippen LogP contribution in [0.1, 0.15) is 26.3 Å². The average Bonchev–Trinajstić information content (AvgIpc) is 3.19. The van der Waals surface area contributed by atoms with Crippen molar-refractivity contribution in [3.63, 3.8) is 0 Å². The Kier molecular flexibility index (Phi) is 8.70. The molecule has 1 aliphatic heterocycles. The number of nitrogens with zero attached hydrogens (tertiary/aromatic N) is 1. The lowest BCUT2D eigenvalue weighted by Gasteiger charge is -2.15. The molecule has 0 atom stereocenters. The van der Waals surface area contributed by atoms with E-state index in [1.54, 1.807) is 44.6 Å². The quantitative estimate of drug-likeness (QED) is 0.281. The van der Waals surface area contributed by atoms with Gasteiger partial charge in [-0.3, -0.25) is 14.4 Å². The molecular weight excluding hydrogens is 538 g/mol. The highest BCUT2D eigenvalue weighted by Crippen LogP contribution is 2.31. The number of rotatable bonds is 10. The fourth-order valence-corrected chi connectivity index (χ4v) is 4.26. The van der Waals surface area contributed by atoms with Crippen molar-refractivity contribution in [3.8, 4) is 11.5 Å². The third kappa shape index (κ3) is 5.92. The van der Waals surface area contributed by atoms with Crippen LogP contribution in [0.5, 0.6) is 11.5 Å². The van der Waals surface area contributed by atoms with E-state index in [2.05, 4.69) is 15.4 Å². The number of amides is 3. The first-order valence-electron chi connectivity index (χ1n) is 12.1. The number of nitrogens with one attached hydrogen (secondary N) is 2. The first-order valence-corrected chi connectivity index (χ1v) is 12.5. The molecule has 3 aromatic carbocycles. The molecule has 0 saturated heterocycles. The van der Waals surface area contributed by atoms with Gasteiger partial charge in [0.15, 0.2) is 11.5 Å². The molecule has 4 rings (SSSR count). The first kappa shape index (κ1) is 28.2. The van der Waals surface area contributed by atoms with Crippen molar-refractivity contribution in [1.29, 1.82) is 0 Å². The molecule has 0 fully saturated rings. The van der Waals surface area contributed by atoms with Crippen LogP contribution >= 0.6 is 11.6 Å². The van der Waals surface area contributed by atoms with E-state index in [1.165, 1.54) is 31.4 Å². The van der Waals surface area contributed by atoms with Gasteiger partial charge in [0.1, 0.15) is 10.7 Å². The molecular formula is C29H26ClN3O7. The summed E-state index contributed by atoms with van der Waals surface area (Å²) in [5.74, 6) is -1.03. The van der Waals surface area contributed by atoms with Crippen LogP contribution < -0.4 is 25.0 Å². The lowest BCUT2D eigenvalue weighted by molar-refractivity contribution is -0.120. The number of benzene rings is 3. The molecule has 0 unspecified atom stereocenters. The van der Waals surface area contributed by atoms with E-state index < -0.39 is 17.8 Å². The number of methoxy groups -OCH3 is 3. The van der Waals surface area contributed by atoms with E-state index in [-0.39, 0.29) is 27.9 Å². The zero-order chi connectivity index (χ0) is 28.8. The van der Waals surface area contributed by atoms with E-state index in [1.807, 2.05) is 12.1 Å². The lowest BCUT2D eigenvalue weighted by atomic mass is 10.1. The van der Waals surface area contributed by atoms with Gasteiger partial charge in [-0.05, 0) is 66.6 Å². The molecule has 0 saturated carbocycles. The van der Waals surface area contributed by atoms with Crippen molar-refractivity contribution in [2.45, 2.75) is 6.42 Å². The number of hydrogen-bond donors (Lipinski definition) is 2. The summed E-state index contributed by atoms with van der Waals surface area (Å²) >= 11 is 6.23. The molecule has 40 heavy (non-hydrogen) atoms. The Hall–Kier alpha value is -4.83. The van der Waals surface area contributed by atoms with Gasteiger partial charge >= 0.3 is 5.97 Å². The van der Waals surface area contributed by atoms with E-state index in [0.29, 0.717) is 35.7 Å². The second-order valence-electron chi connectivity index (χ2n) is 8.57. The molecule has 0 bridgehead atoms. The van der Waals surface area contributed by atoms with Gasteiger partial charge < -0.3 is 24.8 Å². The molecule has 0 radical (unpaired) electrons. The molecule has 0 spiro atoms. The molecule has 1 heterocycles. The zero-order valence-electron chi connectivity index (χ0n) is 21.9. The summed E-state index contributed by atoms with van der Waals surface area (Å²) in [5.41, 5.74) is 2.08. The van der Waals surface area contributed by atoms with Gasteiger partial charge in [0, 0.05) is 17.8 Å². The van der Waals surface area contributed by atoms with Crippen LogP contribution in [0.3, 0.4) is 0 Å². The van der Waals surface area contributed by atoms with E-state index in [9.17, 15) is 19.2 Å². The fraction of sp³-hybridized carbons (Fsp3) is 0.172. The number of ether oxygens (including phenoxy) is 3. The van der Waals surface area contributed by atoms with Gasteiger partial charge in [0.05, 0.1) is 32.6 Å². The van der Waals surface area contributed by atoms with Crippen LogP contribution in [0.25, 0.3) is 0 Å². The maximum Gasteiger partial charge on any atom is 0.337 e. The van der Waals surface area contributed by atoms with Crippen LogP contribution in [-0.2, 0) is 20.7 Å². The highest BCUT2D eigenvalue weighted by Gasteiger charge is 2.39. The summed E-state index contributed by atoms with van der Waals surface area (Å²) in [4.78, 5) is 51.2. The Labute approximate surface area is 235 Å². The lowest BCUT2D eigenvalue weighted by Crippen LogP contribution is -2.32. The van der Waals surface area contributed by atoms with Gasteiger partial charge in [0.2, 0.25) is 0 Å². The standard InChI is InChI=1S/C29H26ClN3O7/c1-38-22-12-7-17(15-23(22)39-2)13-14-31-26(34)19-5-4-6-20(16-19)32-25-24(30)27(35)33(28(25)36)21-10-8-18(9-11-21)29(37)40-3/h4-12,15-16,32H,13-14H2,1-3H3,(H,31,34). The van der Waals surface area contributed by atoms with Crippen LogP contribution in [0.2, 0.25) is 0 Å². The second-order valence-corrected chi connectivity index (χ2v) is 8.95. The summed E-state index contributed by atoms with van der Waals surface area (Å²) in [6, 6.07) is 17.8. The Morgan fingerprint density at radius 2 is 1.57 bits per heavy atom. The van der Waals surface area contributed by atoms with Gasteiger partial charge in [-0.2, -0.15) is 0 Å². The SMILES string of the molecule is COC(=O)c1ccc(N2C(=O)C(Cl)=C(Nc3cccc(C(=O)NCCc4ccc(OC)c(OC)c4)c3)C2=O)cc1. The van der Waals surface area contributed by atoms with Crippen LogP contribution in [-0.4, -0.2) is 51.6 Å². The van der Waals surface area contributed by atoms with Gasteiger partial charge in [0.25, 0.3) is 17.7 Å². The molecule has 11 heteroatoms. The summed E-state index contributed by atoms with van der Waals surface area (Å²) < 4.78 is 15.2.